The van der Waals surface area contributed by atoms with Crippen LogP contribution in [0.5, 0.6) is 0 Å². The second-order valence-electron chi connectivity index (χ2n) is 6.57. The van der Waals surface area contributed by atoms with E-state index in [0.717, 1.165) is 57.9 Å². The lowest BCUT2D eigenvalue weighted by Gasteiger charge is -2.40. The van der Waals surface area contributed by atoms with Crippen LogP contribution in [0.3, 0.4) is 0 Å². The summed E-state index contributed by atoms with van der Waals surface area (Å²) in [6, 6.07) is 5.74. The van der Waals surface area contributed by atoms with E-state index in [0.29, 0.717) is 5.56 Å². The van der Waals surface area contributed by atoms with Crippen molar-refractivity contribution in [2.24, 2.45) is 0 Å². The molecule has 0 aliphatic carbocycles. The van der Waals surface area contributed by atoms with Gasteiger partial charge in [-0.1, -0.05) is 0 Å². The summed E-state index contributed by atoms with van der Waals surface area (Å²) in [5.41, 5.74) is 0.614. The zero-order chi connectivity index (χ0) is 16.9. The first-order valence-corrected chi connectivity index (χ1v) is 8.83. The first-order valence-electron chi connectivity index (χ1n) is 8.83. The predicted molar refractivity (Wildman–Crippen MR) is 92.6 cm³/mol. The third-order valence-electron chi connectivity index (χ3n) is 5.09. The van der Waals surface area contributed by atoms with E-state index in [2.05, 4.69) is 20.9 Å². The van der Waals surface area contributed by atoms with E-state index in [9.17, 15) is 10.1 Å². The number of amides is 1. The van der Waals surface area contributed by atoms with Gasteiger partial charge in [0.25, 0.3) is 0 Å². The number of piperazine rings is 1. The van der Waals surface area contributed by atoms with Gasteiger partial charge in [0.15, 0.2) is 0 Å². The van der Waals surface area contributed by atoms with Gasteiger partial charge in [0.2, 0.25) is 5.91 Å². The van der Waals surface area contributed by atoms with Crippen LogP contribution in [0, 0.1) is 11.3 Å². The Kier molecular flexibility index (Phi) is 5.31. The van der Waals surface area contributed by atoms with Gasteiger partial charge in [0, 0.05) is 45.5 Å². The lowest BCUT2D eigenvalue weighted by Crippen LogP contribution is -2.55. The van der Waals surface area contributed by atoms with Crippen LogP contribution < -0.4 is 4.90 Å². The minimum atomic E-state index is -0.0654. The minimum absolute atomic E-state index is 0.0654. The number of hydrogen-bond acceptors (Lipinski definition) is 5. The lowest BCUT2D eigenvalue weighted by molar-refractivity contribution is -0.137. The van der Waals surface area contributed by atoms with Gasteiger partial charge in [0.05, 0.1) is 11.6 Å². The number of piperidine rings is 1. The normalized spacial score (nSPS) is 20.5. The third kappa shape index (κ3) is 3.51. The first-order chi connectivity index (χ1) is 11.7. The average Bonchev–Trinajstić information content (AvgIpc) is 2.67. The number of hydrogen-bond donors (Lipinski definition) is 0. The minimum Gasteiger partial charge on any atom is -0.353 e. The molecule has 0 aromatic carbocycles. The number of aromatic nitrogens is 1. The van der Waals surface area contributed by atoms with E-state index in [1.165, 1.54) is 6.42 Å². The second kappa shape index (κ2) is 7.63. The molecule has 2 saturated heterocycles. The Labute approximate surface area is 143 Å². The Hall–Kier alpha value is -2.13. The molecule has 1 atom stereocenters. The molecule has 0 radical (unpaired) electrons. The topological polar surface area (TPSA) is 63.5 Å². The summed E-state index contributed by atoms with van der Waals surface area (Å²) in [5.74, 6) is 1.02. The number of anilines is 1. The fourth-order valence-electron chi connectivity index (χ4n) is 3.59. The summed E-state index contributed by atoms with van der Waals surface area (Å²) in [6.45, 7) is 7.07. The van der Waals surface area contributed by atoms with E-state index in [1.54, 1.807) is 18.3 Å². The molecule has 128 valence electrons. The Morgan fingerprint density at radius 3 is 2.54 bits per heavy atom. The van der Waals surface area contributed by atoms with Gasteiger partial charge in [-0.2, -0.15) is 5.26 Å². The molecule has 0 N–H and O–H groups in total. The van der Waals surface area contributed by atoms with Gasteiger partial charge >= 0.3 is 0 Å². The maximum atomic E-state index is 12.7. The number of nitriles is 1. The van der Waals surface area contributed by atoms with Gasteiger partial charge in [-0.25, -0.2) is 4.98 Å². The molecule has 3 rings (SSSR count). The standard InChI is InChI=1S/C18H25N5O/c1-15(18(24)23-8-3-2-4-9-23)21-10-12-22(13-11-21)17-16(14-19)6-5-7-20-17/h5-7,15H,2-4,8-13H2,1H3/t15-/m0/s1. The summed E-state index contributed by atoms with van der Waals surface area (Å²) < 4.78 is 0. The summed E-state index contributed by atoms with van der Waals surface area (Å²) in [6.07, 6.45) is 5.22. The quantitative estimate of drug-likeness (QED) is 0.841. The fourth-order valence-corrected chi connectivity index (χ4v) is 3.59. The van der Waals surface area contributed by atoms with Crippen molar-refractivity contribution in [1.29, 1.82) is 5.26 Å². The highest BCUT2D eigenvalue weighted by Crippen LogP contribution is 2.19. The largest absolute Gasteiger partial charge is 0.353 e. The van der Waals surface area contributed by atoms with Crippen LogP contribution in [0.4, 0.5) is 5.82 Å². The van der Waals surface area contributed by atoms with Crippen molar-refractivity contribution in [2.45, 2.75) is 32.2 Å². The van der Waals surface area contributed by atoms with E-state index < -0.39 is 0 Å². The predicted octanol–water partition coefficient (Wildman–Crippen LogP) is 1.48. The van der Waals surface area contributed by atoms with Crippen molar-refractivity contribution >= 4 is 11.7 Å². The zero-order valence-electron chi connectivity index (χ0n) is 14.3. The van der Waals surface area contributed by atoms with Gasteiger partial charge in [-0.05, 0) is 38.3 Å². The molecule has 1 aromatic heterocycles. The van der Waals surface area contributed by atoms with Crippen molar-refractivity contribution in [2.75, 3.05) is 44.2 Å². The molecule has 24 heavy (non-hydrogen) atoms. The van der Waals surface area contributed by atoms with Crippen LogP contribution in [-0.2, 0) is 4.79 Å². The van der Waals surface area contributed by atoms with E-state index >= 15 is 0 Å². The SMILES string of the molecule is C[C@@H](C(=O)N1CCCCC1)N1CCN(c2ncccc2C#N)CC1. The van der Waals surface area contributed by atoms with E-state index in [-0.39, 0.29) is 11.9 Å². The van der Waals surface area contributed by atoms with Gasteiger partial charge in [0.1, 0.15) is 11.9 Å². The van der Waals surface area contributed by atoms with Gasteiger partial charge < -0.3 is 9.80 Å². The van der Waals surface area contributed by atoms with Crippen molar-refractivity contribution in [3.05, 3.63) is 23.9 Å². The number of carbonyl (C=O) groups is 1. The molecule has 2 aliphatic heterocycles. The Bertz CT molecular complexity index is 612. The smallest absolute Gasteiger partial charge is 0.239 e. The van der Waals surface area contributed by atoms with Crippen LogP contribution in [0.1, 0.15) is 31.7 Å². The molecule has 6 heteroatoms. The maximum Gasteiger partial charge on any atom is 0.239 e. The molecule has 2 aliphatic rings. The Morgan fingerprint density at radius 2 is 1.88 bits per heavy atom. The molecule has 2 fully saturated rings. The third-order valence-corrected chi connectivity index (χ3v) is 5.09. The summed E-state index contributed by atoms with van der Waals surface area (Å²) >= 11 is 0. The average molecular weight is 327 g/mol. The summed E-state index contributed by atoms with van der Waals surface area (Å²) in [5, 5.41) is 9.23. The van der Waals surface area contributed by atoms with Gasteiger partial charge in [-0.3, -0.25) is 9.69 Å². The van der Waals surface area contributed by atoms with Crippen molar-refractivity contribution in [3.63, 3.8) is 0 Å². The highest BCUT2D eigenvalue weighted by atomic mass is 16.2. The van der Waals surface area contributed by atoms with Crippen molar-refractivity contribution < 1.29 is 4.79 Å². The monoisotopic (exact) mass is 327 g/mol. The molecule has 3 heterocycles. The number of carbonyl (C=O) groups excluding carboxylic acids is 1. The highest BCUT2D eigenvalue weighted by molar-refractivity contribution is 5.81. The van der Waals surface area contributed by atoms with E-state index in [4.69, 9.17) is 0 Å². The van der Waals surface area contributed by atoms with Crippen LogP contribution in [-0.4, -0.2) is 66.0 Å². The molecule has 0 saturated carbocycles. The molecule has 6 nitrogen and oxygen atoms in total. The number of pyridine rings is 1. The highest BCUT2D eigenvalue weighted by Gasteiger charge is 2.30. The zero-order valence-corrected chi connectivity index (χ0v) is 14.3. The molecule has 0 bridgehead atoms. The maximum absolute atomic E-state index is 12.7. The molecule has 0 spiro atoms. The van der Waals surface area contributed by atoms with Crippen LogP contribution in [0.15, 0.2) is 18.3 Å². The van der Waals surface area contributed by atoms with Crippen LogP contribution >= 0.6 is 0 Å². The lowest BCUT2D eigenvalue weighted by atomic mass is 10.1. The van der Waals surface area contributed by atoms with Crippen molar-refractivity contribution in [3.8, 4) is 6.07 Å². The van der Waals surface area contributed by atoms with Crippen LogP contribution in [0.2, 0.25) is 0 Å². The van der Waals surface area contributed by atoms with Crippen LogP contribution in [0.25, 0.3) is 0 Å². The van der Waals surface area contributed by atoms with Crippen molar-refractivity contribution in [1.82, 2.24) is 14.8 Å². The molecule has 1 amide bonds. The summed E-state index contributed by atoms with van der Waals surface area (Å²) in [7, 11) is 0. The van der Waals surface area contributed by atoms with E-state index in [1.807, 2.05) is 11.8 Å². The number of nitrogens with zero attached hydrogens (tertiary/aromatic N) is 5. The Morgan fingerprint density at radius 1 is 1.17 bits per heavy atom. The second-order valence-corrected chi connectivity index (χ2v) is 6.57. The fraction of sp³-hybridized carbons (Fsp3) is 0.611. The first kappa shape index (κ1) is 16.7. The summed E-state index contributed by atoms with van der Waals surface area (Å²) in [4.78, 5) is 23.4. The number of rotatable bonds is 3. The van der Waals surface area contributed by atoms with Gasteiger partial charge in [-0.15, -0.1) is 0 Å². The molecular weight excluding hydrogens is 302 g/mol. The molecule has 0 unspecified atom stereocenters. The Balaban J connectivity index is 1.58. The molecular formula is C18H25N5O. The molecule has 1 aromatic rings. The number of likely N-dealkylation sites (tertiary alicyclic amines) is 1.